The largest absolute Gasteiger partial charge is 0.479 e. The number of hydrogen-bond acceptors (Lipinski definition) is 3. The van der Waals surface area contributed by atoms with Gasteiger partial charge in [0.15, 0.2) is 0 Å². The number of carboxylic acid groups (broad SMARTS) is 1. The number of hydrogen-bond donors (Lipinski definition) is 1. The highest BCUT2D eigenvalue weighted by Gasteiger charge is 2.05. The summed E-state index contributed by atoms with van der Waals surface area (Å²) in [5, 5.41) is 12.0. The van der Waals surface area contributed by atoms with Gasteiger partial charge < -0.3 is 14.5 Å². The van der Waals surface area contributed by atoms with Crippen molar-refractivity contribution >= 4 is 12.2 Å². The number of aliphatic carboxylic acids is 1. The number of carboxylic acids is 1. The van der Waals surface area contributed by atoms with E-state index in [1.165, 1.54) is 6.21 Å². The summed E-state index contributed by atoms with van der Waals surface area (Å²) in [6.07, 6.45) is 1.54. The molecule has 0 aliphatic rings. The van der Waals surface area contributed by atoms with E-state index in [4.69, 9.17) is 5.11 Å². The SMILES string of the molecule is CCn1c(C)cc(C=NOCC(=O)O)c1C. The molecular weight excluding hydrogens is 208 g/mol. The van der Waals surface area contributed by atoms with Gasteiger partial charge in [-0.2, -0.15) is 0 Å². The molecule has 0 aliphatic heterocycles. The van der Waals surface area contributed by atoms with Crippen LogP contribution in [-0.2, 0) is 16.2 Å². The molecule has 0 bridgehead atoms. The Morgan fingerprint density at radius 1 is 1.62 bits per heavy atom. The Labute approximate surface area is 94.3 Å². The van der Waals surface area contributed by atoms with Crippen LogP contribution < -0.4 is 0 Å². The number of rotatable bonds is 5. The summed E-state index contributed by atoms with van der Waals surface area (Å²) in [7, 11) is 0. The first-order valence-corrected chi connectivity index (χ1v) is 5.10. The average Bonchev–Trinajstić information content (AvgIpc) is 2.48. The van der Waals surface area contributed by atoms with Gasteiger partial charge in [0.1, 0.15) is 0 Å². The summed E-state index contributed by atoms with van der Waals surface area (Å²) in [5.41, 5.74) is 3.20. The zero-order chi connectivity index (χ0) is 12.1. The van der Waals surface area contributed by atoms with E-state index in [0.717, 1.165) is 23.5 Å². The monoisotopic (exact) mass is 224 g/mol. The Hall–Kier alpha value is -1.78. The number of aryl methyl sites for hydroxylation is 1. The van der Waals surface area contributed by atoms with Gasteiger partial charge in [-0.3, -0.25) is 0 Å². The molecule has 1 rings (SSSR count). The third kappa shape index (κ3) is 2.85. The van der Waals surface area contributed by atoms with E-state index in [9.17, 15) is 4.79 Å². The summed E-state index contributed by atoms with van der Waals surface area (Å²) in [4.78, 5) is 14.8. The lowest BCUT2D eigenvalue weighted by Crippen LogP contribution is -2.03. The van der Waals surface area contributed by atoms with Gasteiger partial charge in [-0.1, -0.05) is 5.16 Å². The fourth-order valence-corrected chi connectivity index (χ4v) is 1.63. The van der Waals surface area contributed by atoms with Gasteiger partial charge in [0, 0.05) is 23.5 Å². The van der Waals surface area contributed by atoms with Crippen LogP contribution in [0.4, 0.5) is 0 Å². The lowest BCUT2D eigenvalue weighted by atomic mass is 10.3. The first-order chi connectivity index (χ1) is 7.56. The molecule has 1 heterocycles. The molecule has 0 amide bonds. The predicted molar refractivity (Wildman–Crippen MR) is 60.8 cm³/mol. The molecule has 1 aromatic rings. The van der Waals surface area contributed by atoms with Crippen molar-refractivity contribution in [3.05, 3.63) is 23.0 Å². The summed E-state index contributed by atoms with van der Waals surface area (Å²) in [6.45, 7) is 6.58. The lowest BCUT2D eigenvalue weighted by molar-refractivity contribution is -0.142. The quantitative estimate of drug-likeness (QED) is 0.609. The van der Waals surface area contributed by atoms with Crippen molar-refractivity contribution in [2.24, 2.45) is 5.16 Å². The summed E-state index contributed by atoms with van der Waals surface area (Å²) in [6, 6.07) is 1.99. The Morgan fingerprint density at radius 3 is 2.81 bits per heavy atom. The Morgan fingerprint density at radius 2 is 2.31 bits per heavy atom. The van der Waals surface area contributed by atoms with Crippen LogP contribution in [0.25, 0.3) is 0 Å². The van der Waals surface area contributed by atoms with Crippen LogP contribution in [0.2, 0.25) is 0 Å². The molecule has 0 atom stereocenters. The second kappa shape index (κ2) is 5.34. The maximum absolute atomic E-state index is 10.2. The van der Waals surface area contributed by atoms with Crippen LogP contribution >= 0.6 is 0 Å². The normalized spacial score (nSPS) is 10.9. The Bertz CT molecular complexity index is 408. The molecule has 0 saturated heterocycles. The van der Waals surface area contributed by atoms with E-state index in [1.54, 1.807) is 0 Å². The fraction of sp³-hybridized carbons (Fsp3) is 0.455. The molecule has 0 aliphatic carbocycles. The average molecular weight is 224 g/mol. The second-order valence-corrected chi connectivity index (χ2v) is 3.47. The molecule has 1 N–H and O–H groups in total. The van der Waals surface area contributed by atoms with Gasteiger partial charge in [0.2, 0.25) is 6.61 Å². The molecular formula is C11H16N2O3. The van der Waals surface area contributed by atoms with E-state index < -0.39 is 12.6 Å². The highest BCUT2D eigenvalue weighted by Crippen LogP contribution is 2.12. The van der Waals surface area contributed by atoms with Crippen LogP contribution in [0.1, 0.15) is 23.9 Å². The minimum atomic E-state index is -1.03. The lowest BCUT2D eigenvalue weighted by Gasteiger charge is -2.04. The molecule has 0 spiro atoms. The molecule has 5 nitrogen and oxygen atoms in total. The number of oxime groups is 1. The smallest absolute Gasteiger partial charge is 0.344 e. The molecule has 0 radical (unpaired) electrons. The van der Waals surface area contributed by atoms with Gasteiger partial charge >= 0.3 is 5.97 Å². The van der Waals surface area contributed by atoms with Crippen molar-refractivity contribution in [2.75, 3.05) is 6.61 Å². The Balaban J connectivity index is 2.70. The molecule has 0 saturated carbocycles. The zero-order valence-electron chi connectivity index (χ0n) is 9.73. The van der Waals surface area contributed by atoms with Gasteiger partial charge in [-0.25, -0.2) is 4.79 Å². The number of aromatic nitrogens is 1. The van der Waals surface area contributed by atoms with Crippen molar-refractivity contribution in [1.29, 1.82) is 0 Å². The van der Waals surface area contributed by atoms with E-state index in [1.807, 2.05) is 19.9 Å². The van der Waals surface area contributed by atoms with Gasteiger partial charge in [-0.05, 0) is 26.8 Å². The van der Waals surface area contributed by atoms with Crippen LogP contribution in [0.5, 0.6) is 0 Å². The van der Waals surface area contributed by atoms with Crippen molar-refractivity contribution in [3.63, 3.8) is 0 Å². The van der Waals surface area contributed by atoms with Crippen LogP contribution in [0.3, 0.4) is 0 Å². The molecule has 0 fully saturated rings. The summed E-state index contributed by atoms with van der Waals surface area (Å²) >= 11 is 0. The second-order valence-electron chi connectivity index (χ2n) is 3.47. The van der Waals surface area contributed by atoms with Crippen molar-refractivity contribution in [1.82, 2.24) is 4.57 Å². The highest BCUT2D eigenvalue weighted by molar-refractivity contribution is 5.81. The zero-order valence-corrected chi connectivity index (χ0v) is 9.73. The molecule has 5 heteroatoms. The van der Waals surface area contributed by atoms with Crippen molar-refractivity contribution < 1.29 is 14.7 Å². The van der Waals surface area contributed by atoms with Gasteiger partial charge in [-0.15, -0.1) is 0 Å². The van der Waals surface area contributed by atoms with E-state index >= 15 is 0 Å². The third-order valence-electron chi connectivity index (χ3n) is 2.38. The van der Waals surface area contributed by atoms with Gasteiger partial charge in [0.05, 0.1) is 6.21 Å². The Kier molecular flexibility index (Phi) is 4.10. The highest BCUT2D eigenvalue weighted by atomic mass is 16.6. The topological polar surface area (TPSA) is 63.8 Å². The van der Waals surface area contributed by atoms with E-state index in [-0.39, 0.29) is 0 Å². The molecule has 0 aromatic carbocycles. The van der Waals surface area contributed by atoms with Crippen LogP contribution in [0, 0.1) is 13.8 Å². The fourth-order valence-electron chi connectivity index (χ4n) is 1.63. The predicted octanol–water partition coefficient (Wildman–Crippen LogP) is 1.56. The van der Waals surface area contributed by atoms with Gasteiger partial charge in [0.25, 0.3) is 0 Å². The third-order valence-corrected chi connectivity index (χ3v) is 2.38. The number of carbonyl (C=O) groups is 1. The first-order valence-electron chi connectivity index (χ1n) is 5.10. The van der Waals surface area contributed by atoms with Crippen molar-refractivity contribution in [2.45, 2.75) is 27.3 Å². The molecule has 0 unspecified atom stereocenters. The first kappa shape index (κ1) is 12.3. The summed E-state index contributed by atoms with van der Waals surface area (Å²) in [5.74, 6) is -1.03. The summed E-state index contributed by atoms with van der Waals surface area (Å²) < 4.78 is 2.15. The number of nitrogens with zero attached hydrogens (tertiary/aromatic N) is 2. The van der Waals surface area contributed by atoms with Crippen LogP contribution in [-0.4, -0.2) is 28.5 Å². The maximum atomic E-state index is 10.2. The standard InChI is InChI=1S/C11H16N2O3/c1-4-13-8(2)5-10(9(13)3)6-12-16-7-11(14)15/h5-6H,4,7H2,1-3H3,(H,14,15). The van der Waals surface area contributed by atoms with E-state index in [0.29, 0.717) is 0 Å². The maximum Gasteiger partial charge on any atom is 0.344 e. The molecule has 88 valence electrons. The van der Waals surface area contributed by atoms with Crippen LogP contribution in [0.15, 0.2) is 11.2 Å². The van der Waals surface area contributed by atoms with Crippen molar-refractivity contribution in [3.8, 4) is 0 Å². The minimum absolute atomic E-state index is 0.414. The van der Waals surface area contributed by atoms with E-state index in [2.05, 4.69) is 21.5 Å². The molecule has 16 heavy (non-hydrogen) atoms. The molecule has 1 aromatic heterocycles. The minimum Gasteiger partial charge on any atom is -0.479 e.